The molecule has 1 heterocycles. The minimum absolute atomic E-state index is 0.799. The van der Waals surface area contributed by atoms with Gasteiger partial charge >= 0.3 is 0 Å². The van der Waals surface area contributed by atoms with Crippen molar-refractivity contribution in [3.8, 4) is 0 Å². The Labute approximate surface area is 108 Å². The first-order chi connectivity index (χ1) is 8.17. The topological polar surface area (TPSA) is 9.72 Å². The van der Waals surface area contributed by atoms with E-state index in [-0.39, 0.29) is 0 Å². The molecule has 0 radical (unpaired) electrons. The Kier molecular flexibility index (Phi) is 7.09. The second-order valence-corrected chi connectivity index (χ2v) is 5.42. The van der Waals surface area contributed by atoms with Gasteiger partial charge in [0.2, 0.25) is 0 Å². The molecule has 1 rings (SSSR count). The highest BCUT2D eigenvalue weighted by Gasteiger charge is 2.18. The molecule has 0 N–H and O–H groups in total. The highest BCUT2D eigenvalue weighted by Crippen LogP contribution is 2.14. The molecule has 1 aliphatic heterocycles. The summed E-state index contributed by atoms with van der Waals surface area (Å²) in [5.41, 5.74) is 0. The normalized spacial score (nSPS) is 23.3. The maximum Gasteiger partial charge on any atom is 0.0109 e. The van der Waals surface area contributed by atoms with Crippen LogP contribution in [0.15, 0.2) is 0 Å². The first-order valence-corrected chi connectivity index (χ1v) is 7.28. The van der Waals surface area contributed by atoms with Crippen molar-refractivity contribution in [2.75, 3.05) is 53.4 Å². The van der Waals surface area contributed by atoms with E-state index in [1.807, 2.05) is 0 Å². The lowest BCUT2D eigenvalue weighted by Gasteiger charge is -2.25. The highest BCUT2D eigenvalue weighted by molar-refractivity contribution is 4.75. The van der Waals surface area contributed by atoms with Crippen LogP contribution in [0.4, 0.5) is 0 Å². The van der Waals surface area contributed by atoms with Crippen molar-refractivity contribution in [3.63, 3.8) is 0 Å². The average molecular weight is 241 g/mol. The largest absolute Gasteiger partial charge is 0.306 e. The van der Waals surface area contributed by atoms with E-state index in [2.05, 4.69) is 42.6 Å². The third-order valence-corrected chi connectivity index (χ3v) is 4.15. The van der Waals surface area contributed by atoms with E-state index >= 15 is 0 Å². The lowest BCUT2D eigenvalue weighted by Crippen LogP contribution is -2.36. The molecule has 0 aromatic heterocycles. The summed E-state index contributed by atoms with van der Waals surface area (Å²) in [6.07, 6.45) is 4.07. The molecular formula is C14H31N3. The van der Waals surface area contributed by atoms with Gasteiger partial charge in [0, 0.05) is 19.1 Å². The Morgan fingerprint density at radius 2 is 1.76 bits per heavy atom. The number of hydrogen-bond acceptors (Lipinski definition) is 3. The fourth-order valence-corrected chi connectivity index (χ4v) is 2.70. The van der Waals surface area contributed by atoms with Gasteiger partial charge < -0.3 is 14.7 Å². The van der Waals surface area contributed by atoms with E-state index in [0.717, 1.165) is 6.04 Å². The van der Waals surface area contributed by atoms with Crippen LogP contribution in [0.2, 0.25) is 0 Å². The molecule has 0 aliphatic carbocycles. The van der Waals surface area contributed by atoms with E-state index in [4.69, 9.17) is 0 Å². The molecule has 1 fully saturated rings. The number of likely N-dealkylation sites (tertiary alicyclic amines) is 1. The predicted octanol–water partition coefficient (Wildman–Crippen LogP) is 1.74. The second-order valence-electron chi connectivity index (χ2n) is 5.42. The van der Waals surface area contributed by atoms with Gasteiger partial charge in [-0.3, -0.25) is 0 Å². The Morgan fingerprint density at radius 3 is 2.35 bits per heavy atom. The highest BCUT2D eigenvalue weighted by atomic mass is 15.2. The molecular weight excluding hydrogens is 210 g/mol. The van der Waals surface area contributed by atoms with Gasteiger partial charge in [-0.1, -0.05) is 13.8 Å². The van der Waals surface area contributed by atoms with Gasteiger partial charge in [0.1, 0.15) is 0 Å². The molecule has 17 heavy (non-hydrogen) atoms. The van der Waals surface area contributed by atoms with Gasteiger partial charge in [-0.2, -0.15) is 0 Å². The lowest BCUT2D eigenvalue weighted by atomic mass is 10.1. The molecule has 0 amide bonds. The summed E-state index contributed by atoms with van der Waals surface area (Å²) in [4.78, 5) is 7.57. The number of nitrogens with zero attached hydrogens (tertiary/aromatic N) is 3. The van der Waals surface area contributed by atoms with Crippen molar-refractivity contribution in [3.05, 3.63) is 0 Å². The quantitative estimate of drug-likeness (QED) is 0.701. The third kappa shape index (κ3) is 5.36. The summed E-state index contributed by atoms with van der Waals surface area (Å²) >= 11 is 0. The van der Waals surface area contributed by atoms with Crippen LogP contribution in [0.25, 0.3) is 0 Å². The summed E-state index contributed by atoms with van der Waals surface area (Å²) in [5.74, 6) is 0. The van der Waals surface area contributed by atoms with Gasteiger partial charge in [-0.25, -0.2) is 0 Å². The Balaban J connectivity index is 2.26. The summed E-state index contributed by atoms with van der Waals surface area (Å²) in [7, 11) is 4.44. The minimum atomic E-state index is 0.799. The SMILES string of the molecule is CCN(CC)CCN1CCCC(N(C)C)CC1. The van der Waals surface area contributed by atoms with Gasteiger partial charge in [0.05, 0.1) is 0 Å². The third-order valence-electron chi connectivity index (χ3n) is 4.15. The van der Waals surface area contributed by atoms with Crippen molar-refractivity contribution in [2.45, 2.75) is 39.2 Å². The smallest absolute Gasteiger partial charge is 0.0109 e. The number of rotatable bonds is 6. The van der Waals surface area contributed by atoms with Crippen LogP contribution in [0, 0.1) is 0 Å². The first kappa shape index (κ1) is 14.9. The Morgan fingerprint density at radius 1 is 1.06 bits per heavy atom. The van der Waals surface area contributed by atoms with Crippen molar-refractivity contribution >= 4 is 0 Å². The van der Waals surface area contributed by atoms with Crippen LogP contribution >= 0.6 is 0 Å². The van der Waals surface area contributed by atoms with E-state index in [1.165, 1.54) is 58.5 Å². The van der Waals surface area contributed by atoms with Crippen LogP contribution in [0.1, 0.15) is 33.1 Å². The monoisotopic (exact) mass is 241 g/mol. The lowest BCUT2D eigenvalue weighted by molar-refractivity contribution is 0.211. The molecule has 1 aliphatic rings. The first-order valence-electron chi connectivity index (χ1n) is 7.28. The van der Waals surface area contributed by atoms with Crippen LogP contribution < -0.4 is 0 Å². The molecule has 0 saturated carbocycles. The minimum Gasteiger partial charge on any atom is -0.306 e. The van der Waals surface area contributed by atoms with Crippen LogP contribution in [0.3, 0.4) is 0 Å². The molecule has 1 saturated heterocycles. The fraction of sp³-hybridized carbons (Fsp3) is 1.00. The fourth-order valence-electron chi connectivity index (χ4n) is 2.70. The molecule has 3 nitrogen and oxygen atoms in total. The van der Waals surface area contributed by atoms with E-state index in [0.29, 0.717) is 0 Å². The molecule has 0 aromatic rings. The molecule has 3 heteroatoms. The maximum absolute atomic E-state index is 2.65. The standard InChI is InChI=1S/C14H31N3/c1-5-16(6-2)12-13-17-10-7-8-14(9-11-17)15(3)4/h14H,5-13H2,1-4H3. The van der Waals surface area contributed by atoms with Gasteiger partial charge in [0.15, 0.2) is 0 Å². The van der Waals surface area contributed by atoms with E-state index in [1.54, 1.807) is 0 Å². The summed E-state index contributed by atoms with van der Waals surface area (Å²) in [6, 6.07) is 0.799. The molecule has 0 aromatic carbocycles. The average Bonchev–Trinajstić information content (AvgIpc) is 2.56. The zero-order chi connectivity index (χ0) is 12.7. The maximum atomic E-state index is 2.65. The number of likely N-dealkylation sites (N-methyl/N-ethyl adjacent to an activating group) is 1. The second kappa shape index (κ2) is 8.06. The summed E-state index contributed by atoms with van der Waals surface area (Å²) in [6.45, 7) is 12.0. The number of hydrogen-bond donors (Lipinski definition) is 0. The molecule has 1 unspecified atom stereocenters. The van der Waals surface area contributed by atoms with Crippen LogP contribution in [0.5, 0.6) is 0 Å². The molecule has 1 atom stereocenters. The Hall–Kier alpha value is -0.120. The zero-order valence-corrected chi connectivity index (χ0v) is 12.3. The van der Waals surface area contributed by atoms with Crippen molar-refractivity contribution in [1.29, 1.82) is 0 Å². The van der Waals surface area contributed by atoms with Gasteiger partial charge in [-0.15, -0.1) is 0 Å². The van der Waals surface area contributed by atoms with Crippen molar-refractivity contribution < 1.29 is 0 Å². The zero-order valence-electron chi connectivity index (χ0n) is 12.3. The van der Waals surface area contributed by atoms with Crippen molar-refractivity contribution in [1.82, 2.24) is 14.7 Å². The van der Waals surface area contributed by atoms with Gasteiger partial charge in [0.25, 0.3) is 0 Å². The van der Waals surface area contributed by atoms with E-state index in [9.17, 15) is 0 Å². The molecule has 102 valence electrons. The van der Waals surface area contributed by atoms with E-state index < -0.39 is 0 Å². The summed E-state index contributed by atoms with van der Waals surface area (Å²) in [5, 5.41) is 0. The molecule has 0 bridgehead atoms. The van der Waals surface area contributed by atoms with Crippen LogP contribution in [-0.4, -0.2) is 74.1 Å². The molecule has 0 spiro atoms. The Bertz CT molecular complexity index is 190. The van der Waals surface area contributed by atoms with Crippen molar-refractivity contribution in [2.24, 2.45) is 0 Å². The summed E-state index contributed by atoms with van der Waals surface area (Å²) < 4.78 is 0. The predicted molar refractivity (Wildman–Crippen MR) is 75.6 cm³/mol. The van der Waals surface area contributed by atoms with Crippen LogP contribution in [-0.2, 0) is 0 Å². The van der Waals surface area contributed by atoms with Gasteiger partial charge in [-0.05, 0) is 59.5 Å².